The Bertz CT molecular complexity index is 1140. The SMILES string of the molecule is O=C(c1csc(-c2ccccc2)n1)N1CCN(c2ccc(C(F)(F)F)cc2[N+](=O)[O-])CC1. The van der Waals surface area contributed by atoms with Crippen LogP contribution in [0.25, 0.3) is 10.6 Å². The number of nitro groups is 1. The van der Waals surface area contributed by atoms with Crippen LogP contribution in [0.1, 0.15) is 16.1 Å². The molecule has 2 aromatic carbocycles. The summed E-state index contributed by atoms with van der Waals surface area (Å²) in [6.45, 7) is 1.06. The van der Waals surface area contributed by atoms with Crippen molar-refractivity contribution < 1.29 is 22.9 Å². The van der Waals surface area contributed by atoms with Gasteiger partial charge in [-0.15, -0.1) is 11.3 Å². The molecule has 0 saturated carbocycles. The Morgan fingerprint density at radius 2 is 1.75 bits per heavy atom. The van der Waals surface area contributed by atoms with Crippen molar-refractivity contribution in [2.45, 2.75) is 6.18 Å². The normalized spacial score (nSPS) is 14.5. The quantitative estimate of drug-likeness (QED) is 0.415. The standard InChI is InChI=1S/C21H17F3N4O3S/c22-21(23,24)15-6-7-17(18(12-15)28(30)31)26-8-10-27(11-9-26)20(29)16-13-32-19(25-16)14-4-2-1-3-5-14/h1-7,12-13H,8-11H2. The summed E-state index contributed by atoms with van der Waals surface area (Å²) in [5.41, 5.74) is -0.333. The molecule has 0 unspecified atom stereocenters. The van der Waals surface area contributed by atoms with Crippen LogP contribution in [0.5, 0.6) is 0 Å². The van der Waals surface area contributed by atoms with Gasteiger partial charge in [-0.25, -0.2) is 4.98 Å². The number of amides is 1. The van der Waals surface area contributed by atoms with E-state index in [2.05, 4.69) is 4.98 Å². The maximum atomic E-state index is 12.9. The second-order valence-corrected chi connectivity index (χ2v) is 8.00. The smallest absolute Gasteiger partial charge is 0.362 e. The molecular formula is C21H17F3N4O3S. The molecule has 1 saturated heterocycles. The fraction of sp³-hybridized carbons (Fsp3) is 0.238. The highest BCUT2D eigenvalue weighted by atomic mass is 32.1. The first-order valence-electron chi connectivity index (χ1n) is 9.65. The molecule has 4 rings (SSSR count). The van der Waals surface area contributed by atoms with Crippen molar-refractivity contribution in [3.8, 4) is 10.6 Å². The minimum absolute atomic E-state index is 0.107. The average Bonchev–Trinajstić information content (AvgIpc) is 3.28. The summed E-state index contributed by atoms with van der Waals surface area (Å²) in [7, 11) is 0. The molecule has 0 atom stereocenters. The van der Waals surface area contributed by atoms with Gasteiger partial charge in [0.05, 0.1) is 10.5 Å². The lowest BCUT2D eigenvalue weighted by molar-refractivity contribution is -0.384. The zero-order valence-corrected chi connectivity index (χ0v) is 17.4. The number of anilines is 1. The highest BCUT2D eigenvalue weighted by molar-refractivity contribution is 7.13. The molecular weight excluding hydrogens is 445 g/mol. The van der Waals surface area contributed by atoms with Crippen LogP contribution in [0.15, 0.2) is 53.9 Å². The minimum Gasteiger partial charge on any atom is -0.362 e. The van der Waals surface area contributed by atoms with E-state index in [0.29, 0.717) is 11.8 Å². The Morgan fingerprint density at radius 3 is 2.38 bits per heavy atom. The van der Waals surface area contributed by atoms with Gasteiger partial charge < -0.3 is 9.80 Å². The number of benzene rings is 2. The molecule has 0 bridgehead atoms. The van der Waals surface area contributed by atoms with E-state index < -0.39 is 22.4 Å². The van der Waals surface area contributed by atoms with Gasteiger partial charge >= 0.3 is 6.18 Å². The van der Waals surface area contributed by atoms with E-state index in [1.54, 1.807) is 15.2 Å². The van der Waals surface area contributed by atoms with Crippen molar-refractivity contribution in [1.29, 1.82) is 0 Å². The summed E-state index contributed by atoms with van der Waals surface area (Å²) in [4.78, 5) is 31.0. The number of nitro benzene ring substituents is 1. The number of thiazole rings is 1. The summed E-state index contributed by atoms with van der Waals surface area (Å²) in [6.07, 6.45) is -4.67. The van der Waals surface area contributed by atoms with E-state index >= 15 is 0 Å². The van der Waals surface area contributed by atoms with Crippen molar-refractivity contribution in [3.05, 3.63) is 75.3 Å². The highest BCUT2D eigenvalue weighted by Crippen LogP contribution is 2.37. The van der Waals surface area contributed by atoms with Gasteiger partial charge in [0.25, 0.3) is 11.6 Å². The van der Waals surface area contributed by atoms with Crippen LogP contribution < -0.4 is 4.90 Å². The second kappa shape index (κ2) is 8.58. The molecule has 1 aliphatic rings. The van der Waals surface area contributed by atoms with Crippen molar-refractivity contribution in [2.24, 2.45) is 0 Å². The molecule has 1 aromatic heterocycles. The zero-order chi connectivity index (χ0) is 22.9. The van der Waals surface area contributed by atoms with Crippen LogP contribution in [0.3, 0.4) is 0 Å². The molecule has 0 radical (unpaired) electrons. The molecule has 3 aromatic rings. The predicted octanol–water partition coefficient (Wildman–Crippen LogP) is 4.70. The summed E-state index contributed by atoms with van der Waals surface area (Å²) in [5, 5.41) is 13.8. The summed E-state index contributed by atoms with van der Waals surface area (Å²) >= 11 is 1.36. The van der Waals surface area contributed by atoms with E-state index in [-0.39, 0.29) is 37.8 Å². The van der Waals surface area contributed by atoms with Gasteiger partial charge in [0, 0.05) is 43.2 Å². The minimum atomic E-state index is -4.67. The number of carbonyl (C=O) groups is 1. The molecule has 1 amide bonds. The molecule has 32 heavy (non-hydrogen) atoms. The van der Waals surface area contributed by atoms with Crippen LogP contribution in [0, 0.1) is 10.1 Å². The Labute approximate surface area is 184 Å². The number of rotatable bonds is 4. The van der Waals surface area contributed by atoms with Crippen LogP contribution in [0.2, 0.25) is 0 Å². The van der Waals surface area contributed by atoms with Gasteiger partial charge in [-0.3, -0.25) is 14.9 Å². The van der Waals surface area contributed by atoms with Crippen molar-refractivity contribution in [2.75, 3.05) is 31.1 Å². The summed E-state index contributed by atoms with van der Waals surface area (Å²) in [6, 6.07) is 12.0. The molecule has 166 valence electrons. The number of carbonyl (C=O) groups excluding carboxylic acids is 1. The van der Waals surface area contributed by atoms with Crippen molar-refractivity contribution >= 4 is 28.6 Å². The molecule has 1 aliphatic heterocycles. The van der Waals surface area contributed by atoms with Gasteiger partial charge in [-0.05, 0) is 12.1 Å². The van der Waals surface area contributed by atoms with Crippen molar-refractivity contribution in [3.63, 3.8) is 0 Å². The van der Waals surface area contributed by atoms with E-state index in [9.17, 15) is 28.1 Å². The van der Waals surface area contributed by atoms with Crippen LogP contribution in [-0.4, -0.2) is 46.9 Å². The Balaban J connectivity index is 1.46. The van der Waals surface area contributed by atoms with Crippen LogP contribution >= 0.6 is 11.3 Å². The summed E-state index contributed by atoms with van der Waals surface area (Å²) < 4.78 is 38.8. The number of piperazine rings is 1. The Morgan fingerprint density at radius 1 is 1.06 bits per heavy atom. The Hall–Kier alpha value is -3.47. The lowest BCUT2D eigenvalue weighted by Crippen LogP contribution is -2.49. The van der Waals surface area contributed by atoms with E-state index in [4.69, 9.17) is 0 Å². The molecule has 0 spiro atoms. The zero-order valence-electron chi connectivity index (χ0n) is 16.6. The molecule has 0 N–H and O–H groups in total. The largest absolute Gasteiger partial charge is 0.416 e. The molecule has 0 aliphatic carbocycles. The number of aromatic nitrogens is 1. The van der Waals surface area contributed by atoms with E-state index in [1.807, 2.05) is 30.3 Å². The highest BCUT2D eigenvalue weighted by Gasteiger charge is 2.34. The van der Waals surface area contributed by atoms with Gasteiger partial charge in [0.15, 0.2) is 0 Å². The van der Waals surface area contributed by atoms with Crippen LogP contribution in [-0.2, 0) is 6.18 Å². The van der Waals surface area contributed by atoms with Gasteiger partial charge in [0.2, 0.25) is 0 Å². The van der Waals surface area contributed by atoms with Crippen LogP contribution in [0.4, 0.5) is 24.5 Å². The third kappa shape index (κ3) is 4.42. The number of hydrogen-bond acceptors (Lipinski definition) is 6. The second-order valence-electron chi connectivity index (χ2n) is 7.14. The lowest BCUT2D eigenvalue weighted by Gasteiger charge is -2.35. The first-order chi connectivity index (χ1) is 15.2. The predicted molar refractivity (Wildman–Crippen MR) is 114 cm³/mol. The van der Waals surface area contributed by atoms with E-state index in [1.165, 1.54) is 11.3 Å². The number of nitrogens with zero attached hydrogens (tertiary/aromatic N) is 4. The third-order valence-corrected chi connectivity index (χ3v) is 6.04. The fourth-order valence-electron chi connectivity index (χ4n) is 3.51. The molecule has 2 heterocycles. The first-order valence-corrected chi connectivity index (χ1v) is 10.5. The fourth-order valence-corrected chi connectivity index (χ4v) is 4.31. The number of hydrogen-bond donors (Lipinski definition) is 0. The Kier molecular flexibility index (Phi) is 5.83. The van der Waals surface area contributed by atoms with Gasteiger partial charge in [-0.2, -0.15) is 13.2 Å². The summed E-state index contributed by atoms with van der Waals surface area (Å²) in [5.74, 6) is -0.245. The topological polar surface area (TPSA) is 79.6 Å². The average molecular weight is 462 g/mol. The van der Waals surface area contributed by atoms with Gasteiger partial charge in [0.1, 0.15) is 16.4 Å². The monoisotopic (exact) mass is 462 g/mol. The lowest BCUT2D eigenvalue weighted by atomic mass is 10.1. The van der Waals surface area contributed by atoms with Gasteiger partial charge in [-0.1, -0.05) is 30.3 Å². The maximum absolute atomic E-state index is 12.9. The number of halogens is 3. The maximum Gasteiger partial charge on any atom is 0.416 e. The third-order valence-electron chi connectivity index (χ3n) is 5.15. The number of alkyl halides is 3. The molecule has 11 heteroatoms. The molecule has 1 fully saturated rings. The van der Waals surface area contributed by atoms with Crippen molar-refractivity contribution in [1.82, 2.24) is 9.88 Å². The molecule has 7 nitrogen and oxygen atoms in total. The van der Waals surface area contributed by atoms with E-state index in [0.717, 1.165) is 22.7 Å². The first kappa shape index (κ1) is 21.8.